The average Bonchev–Trinajstić information content (AvgIpc) is 2.30. The summed E-state index contributed by atoms with van der Waals surface area (Å²) < 4.78 is 0. The first-order valence-electron chi connectivity index (χ1n) is 5.49. The third kappa shape index (κ3) is 6.87. The smallest absolute Gasteiger partial charge is 0.337 e. The number of nitrogens with one attached hydrogen (secondary N) is 2. The van der Waals surface area contributed by atoms with Gasteiger partial charge in [0.15, 0.2) is 5.60 Å². The van der Waals surface area contributed by atoms with E-state index in [0.717, 1.165) is 6.92 Å². The number of amides is 3. The van der Waals surface area contributed by atoms with E-state index >= 15 is 0 Å². The zero-order valence-corrected chi connectivity index (χ0v) is 11.6. The first-order valence-corrected chi connectivity index (χ1v) is 6.88. The number of hydrogen-bond donors (Lipinski definition) is 5. The fraction of sp³-hybridized carbons (Fsp3) is 0.700. The van der Waals surface area contributed by atoms with Crippen molar-refractivity contribution in [2.75, 3.05) is 18.6 Å². The van der Waals surface area contributed by atoms with Crippen molar-refractivity contribution in [1.82, 2.24) is 10.6 Å². The van der Waals surface area contributed by atoms with Crippen LogP contribution in [0.15, 0.2) is 0 Å². The van der Waals surface area contributed by atoms with E-state index in [4.69, 9.17) is 10.8 Å². The molecule has 8 nitrogen and oxygen atoms in total. The lowest BCUT2D eigenvalue weighted by molar-refractivity contribution is -0.156. The number of rotatable bonds is 8. The Morgan fingerprint density at radius 2 is 2.00 bits per heavy atom. The number of urea groups is 1. The highest BCUT2D eigenvalue weighted by Gasteiger charge is 2.31. The number of hydrogen-bond acceptors (Lipinski definition) is 5. The lowest BCUT2D eigenvalue weighted by Gasteiger charge is -2.21. The van der Waals surface area contributed by atoms with Gasteiger partial charge in [-0.05, 0) is 25.4 Å². The van der Waals surface area contributed by atoms with E-state index in [0.29, 0.717) is 12.2 Å². The van der Waals surface area contributed by atoms with Crippen molar-refractivity contribution in [2.45, 2.75) is 25.0 Å². The third-order valence-corrected chi connectivity index (χ3v) is 2.96. The Hall–Kier alpha value is -1.48. The first-order chi connectivity index (χ1) is 8.70. The summed E-state index contributed by atoms with van der Waals surface area (Å²) >= 11 is 1.49. The second kappa shape index (κ2) is 7.85. The molecular weight excluding hydrogens is 274 g/mol. The Balaban J connectivity index is 4.46. The molecule has 6 N–H and O–H groups in total. The lowest BCUT2D eigenvalue weighted by atomic mass is 10.1. The van der Waals surface area contributed by atoms with E-state index in [9.17, 15) is 19.5 Å². The monoisotopic (exact) mass is 293 g/mol. The second-order valence-corrected chi connectivity index (χ2v) is 5.13. The van der Waals surface area contributed by atoms with Crippen molar-refractivity contribution in [3.63, 3.8) is 0 Å². The number of thioether (sulfide) groups is 1. The van der Waals surface area contributed by atoms with Gasteiger partial charge in [-0.3, -0.25) is 4.79 Å². The Kier molecular flexibility index (Phi) is 7.23. The number of carboxylic acids is 1. The van der Waals surface area contributed by atoms with Crippen LogP contribution in [0.25, 0.3) is 0 Å². The fourth-order valence-electron chi connectivity index (χ4n) is 1.13. The van der Waals surface area contributed by atoms with Crippen molar-refractivity contribution < 1.29 is 24.6 Å². The van der Waals surface area contributed by atoms with E-state index in [1.54, 1.807) is 0 Å². The highest BCUT2D eigenvalue weighted by atomic mass is 32.2. The molecule has 0 spiro atoms. The Morgan fingerprint density at radius 3 is 2.42 bits per heavy atom. The number of aliphatic hydroxyl groups is 1. The van der Waals surface area contributed by atoms with Crippen LogP contribution in [0, 0.1) is 0 Å². The molecule has 0 rings (SSSR count). The van der Waals surface area contributed by atoms with E-state index < -0.39 is 36.1 Å². The fourth-order valence-corrected chi connectivity index (χ4v) is 1.61. The highest BCUT2D eigenvalue weighted by Crippen LogP contribution is 2.04. The Labute approximate surface area is 115 Å². The van der Waals surface area contributed by atoms with E-state index in [2.05, 4.69) is 10.6 Å². The molecule has 0 aromatic heterocycles. The van der Waals surface area contributed by atoms with Crippen LogP contribution < -0.4 is 16.4 Å². The van der Waals surface area contributed by atoms with Crippen LogP contribution in [0.1, 0.15) is 13.3 Å². The summed E-state index contributed by atoms with van der Waals surface area (Å²) in [6, 6.07) is -1.69. The SMILES string of the molecule is CSCCC(NC(N)=O)C(=O)NCC(C)(O)C(=O)O. The number of nitrogens with two attached hydrogens (primary N) is 1. The normalized spacial score (nSPS) is 15.1. The van der Waals surface area contributed by atoms with Crippen molar-refractivity contribution in [2.24, 2.45) is 5.73 Å². The summed E-state index contributed by atoms with van der Waals surface area (Å²) in [6.45, 7) is 0.603. The molecule has 0 aromatic rings. The minimum atomic E-state index is -2.06. The topological polar surface area (TPSA) is 142 Å². The van der Waals surface area contributed by atoms with Gasteiger partial charge in [0.1, 0.15) is 6.04 Å². The second-order valence-electron chi connectivity index (χ2n) is 4.14. The van der Waals surface area contributed by atoms with Crippen LogP contribution >= 0.6 is 11.8 Å². The molecule has 0 aromatic carbocycles. The molecule has 9 heteroatoms. The van der Waals surface area contributed by atoms with Gasteiger partial charge in [-0.1, -0.05) is 0 Å². The number of carbonyl (C=O) groups excluding carboxylic acids is 2. The van der Waals surface area contributed by atoms with E-state index in [-0.39, 0.29) is 0 Å². The summed E-state index contributed by atoms with van der Waals surface area (Å²) in [4.78, 5) is 33.2. The Bertz CT molecular complexity index is 348. The summed E-state index contributed by atoms with van der Waals surface area (Å²) in [5.74, 6) is -1.42. The molecule has 0 bridgehead atoms. The lowest BCUT2D eigenvalue weighted by Crippen LogP contribution is -2.53. The van der Waals surface area contributed by atoms with Gasteiger partial charge in [0, 0.05) is 0 Å². The van der Waals surface area contributed by atoms with E-state index in [1.807, 2.05) is 6.26 Å². The predicted octanol–water partition coefficient (Wildman–Crippen LogP) is -1.27. The average molecular weight is 293 g/mol. The number of carbonyl (C=O) groups is 3. The van der Waals surface area contributed by atoms with Gasteiger partial charge in [0.25, 0.3) is 0 Å². The van der Waals surface area contributed by atoms with Gasteiger partial charge in [0.05, 0.1) is 6.54 Å². The van der Waals surface area contributed by atoms with Gasteiger partial charge >= 0.3 is 12.0 Å². The van der Waals surface area contributed by atoms with Gasteiger partial charge in [-0.2, -0.15) is 11.8 Å². The predicted molar refractivity (Wildman–Crippen MR) is 70.8 cm³/mol. The maximum absolute atomic E-state index is 11.8. The number of primary amides is 1. The molecule has 2 atom stereocenters. The first kappa shape index (κ1) is 17.5. The van der Waals surface area contributed by atoms with Gasteiger partial charge in [-0.25, -0.2) is 9.59 Å². The van der Waals surface area contributed by atoms with Crippen molar-refractivity contribution in [1.29, 1.82) is 0 Å². The van der Waals surface area contributed by atoms with Crippen LogP contribution in [0.4, 0.5) is 4.79 Å². The molecule has 2 unspecified atom stereocenters. The molecule has 110 valence electrons. The molecule has 0 heterocycles. The van der Waals surface area contributed by atoms with Crippen LogP contribution in [0.2, 0.25) is 0 Å². The summed E-state index contributed by atoms with van der Waals surface area (Å²) in [5.41, 5.74) is 2.89. The van der Waals surface area contributed by atoms with Crippen LogP contribution in [-0.4, -0.2) is 58.3 Å². The number of carboxylic acid groups (broad SMARTS) is 1. The molecule has 0 fully saturated rings. The Morgan fingerprint density at radius 1 is 1.42 bits per heavy atom. The van der Waals surface area contributed by atoms with Crippen LogP contribution in [0.5, 0.6) is 0 Å². The van der Waals surface area contributed by atoms with E-state index in [1.165, 1.54) is 11.8 Å². The maximum atomic E-state index is 11.8. The minimum absolute atomic E-state index is 0.352. The molecule has 0 aliphatic carbocycles. The summed E-state index contributed by atoms with van der Waals surface area (Å²) in [5, 5.41) is 22.7. The molecule has 19 heavy (non-hydrogen) atoms. The molecule has 0 saturated heterocycles. The molecular formula is C10H19N3O5S. The largest absolute Gasteiger partial charge is 0.479 e. The van der Waals surface area contributed by atoms with Crippen molar-refractivity contribution >= 4 is 29.7 Å². The molecule has 0 saturated carbocycles. The van der Waals surface area contributed by atoms with Crippen molar-refractivity contribution in [3.05, 3.63) is 0 Å². The number of aliphatic carboxylic acids is 1. The summed E-state index contributed by atoms with van der Waals surface area (Å²) in [6.07, 6.45) is 2.19. The van der Waals surface area contributed by atoms with Crippen LogP contribution in [0.3, 0.4) is 0 Å². The zero-order valence-electron chi connectivity index (χ0n) is 10.8. The van der Waals surface area contributed by atoms with Gasteiger partial charge in [0.2, 0.25) is 5.91 Å². The zero-order chi connectivity index (χ0) is 15.1. The van der Waals surface area contributed by atoms with Gasteiger partial charge < -0.3 is 26.6 Å². The molecule has 3 amide bonds. The quantitative estimate of drug-likeness (QED) is 0.377. The summed E-state index contributed by atoms with van der Waals surface area (Å²) in [7, 11) is 0. The van der Waals surface area contributed by atoms with Crippen LogP contribution in [-0.2, 0) is 9.59 Å². The van der Waals surface area contributed by atoms with Crippen molar-refractivity contribution in [3.8, 4) is 0 Å². The highest BCUT2D eigenvalue weighted by molar-refractivity contribution is 7.98. The molecule has 0 aliphatic rings. The third-order valence-electron chi connectivity index (χ3n) is 2.31. The maximum Gasteiger partial charge on any atom is 0.337 e. The molecule has 0 radical (unpaired) electrons. The standard InChI is InChI=1S/C10H19N3O5S/c1-10(18,8(15)16)5-12-7(14)6(3-4-19-2)13-9(11)17/h6,18H,3-5H2,1-2H3,(H,12,14)(H,15,16)(H3,11,13,17). The molecule has 0 aliphatic heterocycles. The minimum Gasteiger partial charge on any atom is -0.479 e. The van der Waals surface area contributed by atoms with Gasteiger partial charge in [-0.15, -0.1) is 0 Å².